The van der Waals surface area contributed by atoms with Crippen LogP contribution in [0.1, 0.15) is 0 Å². The second-order valence-corrected chi connectivity index (χ2v) is 4.48. The molecular weight excluding hydrogens is 238 g/mol. The normalized spacial score (nSPS) is 10.1. The van der Waals surface area contributed by atoms with Crippen molar-refractivity contribution in [3.63, 3.8) is 0 Å². The van der Waals surface area contributed by atoms with Gasteiger partial charge in [-0.2, -0.15) is 0 Å². The fraction of sp³-hybridized carbons (Fsp3) is 0.286. The largest absolute Gasteiger partial charge is 0.388 e. The second-order valence-electron chi connectivity index (χ2n) is 4.48. The summed E-state index contributed by atoms with van der Waals surface area (Å²) in [5.74, 6) is 1.76. The van der Waals surface area contributed by atoms with Crippen LogP contribution in [0.3, 0.4) is 0 Å². The Morgan fingerprint density at radius 3 is 2.16 bits per heavy atom. The highest BCUT2D eigenvalue weighted by Crippen LogP contribution is 2.24. The van der Waals surface area contributed by atoms with Crippen molar-refractivity contribution in [2.45, 2.75) is 0 Å². The fourth-order valence-electron chi connectivity index (χ4n) is 1.75. The summed E-state index contributed by atoms with van der Waals surface area (Å²) in [6, 6.07) is 10.2. The van der Waals surface area contributed by atoms with Gasteiger partial charge < -0.3 is 15.1 Å². The summed E-state index contributed by atoms with van der Waals surface area (Å²) in [5.41, 5.74) is 2.18. The Hall–Kier alpha value is -2.30. The molecule has 1 N–H and O–H groups in total. The maximum atomic E-state index is 4.31. The molecule has 0 aliphatic rings. The zero-order valence-electron chi connectivity index (χ0n) is 11.8. The van der Waals surface area contributed by atoms with Crippen LogP contribution in [0.15, 0.2) is 36.7 Å². The molecule has 0 saturated carbocycles. The molecule has 0 spiro atoms. The molecule has 2 aromatic rings. The third-order valence-electron chi connectivity index (χ3n) is 2.98. The standard InChI is InChI=1S/C14H19N5/c1-15-11-5-7-12(8-6-11)19(4)14-9-13(18(2)3)16-10-17-14/h5-10,15H,1-4H3. The van der Waals surface area contributed by atoms with E-state index in [-0.39, 0.29) is 0 Å². The van der Waals surface area contributed by atoms with Crippen LogP contribution < -0.4 is 15.1 Å². The topological polar surface area (TPSA) is 44.3 Å². The van der Waals surface area contributed by atoms with Gasteiger partial charge in [0.2, 0.25) is 0 Å². The Morgan fingerprint density at radius 1 is 0.947 bits per heavy atom. The number of aromatic nitrogens is 2. The molecule has 100 valence electrons. The second kappa shape index (κ2) is 5.56. The Kier molecular flexibility index (Phi) is 3.85. The lowest BCUT2D eigenvalue weighted by molar-refractivity contribution is 1.02. The number of nitrogens with zero attached hydrogens (tertiary/aromatic N) is 4. The van der Waals surface area contributed by atoms with Gasteiger partial charge in [0.15, 0.2) is 0 Å². The molecule has 0 aliphatic heterocycles. The van der Waals surface area contributed by atoms with Gasteiger partial charge in [-0.05, 0) is 24.3 Å². The Morgan fingerprint density at radius 2 is 1.58 bits per heavy atom. The van der Waals surface area contributed by atoms with Crippen LogP contribution in [0.4, 0.5) is 23.0 Å². The summed E-state index contributed by atoms with van der Waals surface area (Å²) in [7, 11) is 7.84. The molecule has 1 aromatic carbocycles. The monoisotopic (exact) mass is 257 g/mol. The zero-order chi connectivity index (χ0) is 13.8. The number of hydrogen-bond donors (Lipinski definition) is 1. The molecule has 0 atom stereocenters. The molecule has 0 aliphatic carbocycles. The van der Waals surface area contributed by atoms with Crippen molar-refractivity contribution >= 4 is 23.0 Å². The number of benzene rings is 1. The number of anilines is 4. The first-order valence-electron chi connectivity index (χ1n) is 6.12. The summed E-state index contributed by atoms with van der Waals surface area (Å²) in [4.78, 5) is 12.5. The van der Waals surface area contributed by atoms with Gasteiger partial charge in [0.1, 0.15) is 18.0 Å². The molecule has 0 bridgehead atoms. The molecule has 0 radical (unpaired) electrons. The highest BCUT2D eigenvalue weighted by Gasteiger charge is 2.07. The molecule has 5 nitrogen and oxygen atoms in total. The van der Waals surface area contributed by atoms with E-state index in [1.165, 1.54) is 0 Å². The predicted octanol–water partition coefficient (Wildman–Crippen LogP) is 2.35. The predicted molar refractivity (Wildman–Crippen MR) is 80.4 cm³/mol. The van der Waals surface area contributed by atoms with Gasteiger partial charge in [-0.1, -0.05) is 0 Å². The van der Waals surface area contributed by atoms with Crippen molar-refractivity contribution < 1.29 is 0 Å². The minimum Gasteiger partial charge on any atom is -0.388 e. The third kappa shape index (κ3) is 2.93. The lowest BCUT2D eigenvalue weighted by Crippen LogP contribution is -2.15. The SMILES string of the molecule is CNc1ccc(N(C)c2cc(N(C)C)ncn2)cc1. The van der Waals surface area contributed by atoms with E-state index in [9.17, 15) is 0 Å². The van der Waals surface area contributed by atoms with Gasteiger partial charge in [-0.25, -0.2) is 9.97 Å². The maximum absolute atomic E-state index is 4.31. The summed E-state index contributed by atoms with van der Waals surface area (Å²) < 4.78 is 0. The average Bonchev–Trinajstić information content (AvgIpc) is 2.46. The minimum atomic E-state index is 0.871. The summed E-state index contributed by atoms with van der Waals surface area (Å²) >= 11 is 0. The van der Waals surface area contributed by atoms with Gasteiger partial charge in [-0.3, -0.25) is 0 Å². The van der Waals surface area contributed by atoms with E-state index < -0.39 is 0 Å². The van der Waals surface area contributed by atoms with Crippen molar-refractivity contribution in [1.82, 2.24) is 9.97 Å². The molecule has 1 heterocycles. The maximum Gasteiger partial charge on any atom is 0.138 e. The molecule has 5 heteroatoms. The molecule has 0 saturated heterocycles. The molecule has 19 heavy (non-hydrogen) atoms. The molecule has 0 fully saturated rings. The van der Waals surface area contributed by atoms with Crippen LogP contribution in [0, 0.1) is 0 Å². The molecule has 1 aromatic heterocycles. The van der Waals surface area contributed by atoms with Crippen molar-refractivity contribution in [3.8, 4) is 0 Å². The van der Waals surface area contributed by atoms with Crippen molar-refractivity contribution in [3.05, 3.63) is 36.7 Å². The molecule has 2 rings (SSSR count). The first kappa shape index (κ1) is 13.1. The zero-order valence-corrected chi connectivity index (χ0v) is 11.8. The minimum absolute atomic E-state index is 0.871. The van der Waals surface area contributed by atoms with Crippen LogP contribution in [-0.2, 0) is 0 Å². The smallest absolute Gasteiger partial charge is 0.138 e. The van der Waals surface area contributed by atoms with E-state index in [4.69, 9.17) is 0 Å². The first-order valence-corrected chi connectivity index (χ1v) is 6.12. The lowest BCUT2D eigenvalue weighted by atomic mass is 10.2. The van der Waals surface area contributed by atoms with Crippen molar-refractivity contribution in [2.75, 3.05) is 43.3 Å². The quantitative estimate of drug-likeness (QED) is 0.911. The fourth-order valence-corrected chi connectivity index (χ4v) is 1.75. The van der Waals surface area contributed by atoms with Crippen molar-refractivity contribution in [2.24, 2.45) is 0 Å². The summed E-state index contributed by atoms with van der Waals surface area (Å²) in [6.45, 7) is 0. The third-order valence-corrected chi connectivity index (χ3v) is 2.98. The number of rotatable bonds is 4. The van der Waals surface area contributed by atoms with E-state index in [2.05, 4.69) is 27.4 Å². The van der Waals surface area contributed by atoms with Crippen molar-refractivity contribution in [1.29, 1.82) is 0 Å². The summed E-state index contributed by atoms with van der Waals surface area (Å²) in [6.07, 6.45) is 1.59. The lowest BCUT2D eigenvalue weighted by Gasteiger charge is -2.20. The van der Waals surface area contributed by atoms with E-state index in [1.54, 1.807) is 6.33 Å². The average molecular weight is 257 g/mol. The first-order chi connectivity index (χ1) is 9.11. The van der Waals surface area contributed by atoms with Gasteiger partial charge in [0.25, 0.3) is 0 Å². The van der Waals surface area contributed by atoms with Gasteiger partial charge in [0, 0.05) is 45.6 Å². The molecule has 0 unspecified atom stereocenters. The highest BCUT2D eigenvalue weighted by molar-refractivity contribution is 5.64. The Labute approximate surface area is 113 Å². The van der Waals surface area contributed by atoms with Crippen LogP contribution in [0.5, 0.6) is 0 Å². The van der Waals surface area contributed by atoms with Gasteiger partial charge in [-0.15, -0.1) is 0 Å². The van der Waals surface area contributed by atoms with Crippen LogP contribution in [-0.4, -0.2) is 38.2 Å². The Bertz CT molecular complexity index is 536. The van der Waals surface area contributed by atoms with Crippen LogP contribution in [0.25, 0.3) is 0 Å². The molecule has 0 amide bonds. The number of hydrogen-bond acceptors (Lipinski definition) is 5. The van der Waals surface area contributed by atoms with E-state index in [1.807, 2.05) is 56.2 Å². The van der Waals surface area contributed by atoms with Gasteiger partial charge in [0.05, 0.1) is 0 Å². The molecular formula is C14H19N5. The van der Waals surface area contributed by atoms with Crippen LogP contribution >= 0.6 is 0 Å². The van der Waals surface area contributed by atoms with E-state index >= 15 is 0 Å². The highest BCUT2D eigenvalue weighted by atomic mass is 15.2. The van der Waals surface area contributed by atoms with Crippen LogP contribution in [0.2, 0.25) is 0 Å². The van der Waals surface area contributed by atoms with E-state index in [0.29, 0.717) is 0 Å². The number of nitrogens with one attached hydrogen (secondary N) is 1. The van der Waals surface area contributed by atoms with Gasteiger partial charge >= 0.3 is 0 Å². The van der Waals surface area contributed by atoms with E-state index in [0.717, 1.165) is 23.0 Å². The Balaban J connectivity index is 2.27. The summed E-state index contributed by atoms with van der Waals surface area (Å²) in [5, 5.41) is 3.11.